The average molecular weight is 1090 g/mol. The second-order valence-electron chi connectivity index (χ2n) is 22.0. The van der Waals surface area contributed by atoms with Crippen molar-refractivity contribution in [2.75, 3.05) is 13.2 Å². The van der Waals surface area contributed by atoms with Crippen molar-refractivity contribution < 1.29 is 28.6 Å². The number of hydrogen-bond acceptors (Lipinski definition) is 6. The molecule has 0 fully saturated rings. The predicted octanol–water partition coefficient (Wildman–Crippen LogP) is 22.8. The van der Waals surface area contributed by atoms with Crippen LogP contribution in [-0.4, -0.2) is 37.2 Å². The zero-order chi connectivity index (χ0) is 56.4. The standard InChI is InChI=1S/C72H124O6/c1-4-7-10-13-16-19-22-25-28-31-34-36-38-41-44-47-50-53-56-59-62-65-71(74)77-68-69(67-76-70(73)64-61-58-55-52-49-46-43-40-33-30-27-24-21-18-15-12-9-6-3)78-72(75)66-63-60-57-54-51-48-45-42-39-37-35-32-29-26-23-20-17-14-11-8-5-2/h7,10,16,19,21,24-25,28,30,33-34,36,41,44,50,53,69H,4-6,8-9,11-15,17-18,20,22-23,26-27,29,31-32,35,37-40,42-43,45-49,51-52,54-68H2,1-3H3/b10-7-,19-16-,24-21-,28-25-,33-30-,36-34-,44-41-,53-50-. The topological polar surface area (TPSA) is 78.9 Å². The Balaban J connectivity index is 4.45. The van der Waals surface area contributed by atoms with Crippen molar-refractivity contribution in [3.8, 4) is 0 Å². The van der Waals surface area contributed by atoms with Crippen molar-refractivity contribution in [2.45, 2.75) is 329 Å². The molecule has 0 spiro atoms. The summed E-state index contributed by atoms with van der Waals surface area (Å²) in [5, 5.41) is 0. The van der Waals surface area contributed by atoms with Crippen molar-refractivity contribution in [1.29, 1.82) is 0 Å². The van der Waals surface area contributed by atoms with Gasteiger partial charge in [0.2, 0.25) is 0 Å². The summed E-state index contributed by atoms with van der Waals surface area (Å²) in [5.74, 6) is -0.931. The molecule has 0 aromatic rings. The second kappa shape index (κ2) is 65.8. The maximum absolute atomic E-state index is 12.9. The highest BCUT2D eigenvalue weighted by Gasteiger charge is 2.19. The van der Waals surface area contributed by atoms with E-state index < -0.39 is 6.10 Å². The molecule has 0 aliphatic heterocycles. The molecule has 0 aliphatic rings. The zero-order valence-corrected chi connectivity index (χ0v) is 51.4. The van der Waals surface area contributed by atoms with E-state index >= 15 is 0 Å². The Hall–Kier alpha value is -3.67. The maximum Gasteiger partial charge on any atom is 0.306 e. The van der Waals surface area contributed by atoms with Crippen LogP contribution < -0.4 is 0 Å². The highest BCUT2D eigenvalue weighted by atomic mass is 16.6. The smallest absolute Gasteiger partial charge is 0.306 e. The third-order valence-electron chi connectivity index (χ3n) is 14.3. The van der Waals surface area contributed by atoms with E-state index in [0.717, 1.165) is 109 Å². The van der Waals surface area contributed by atoms with Gasteiger partial charge in [0.05, 0.1) is 0 Å². The predicted molar refractivity (Wildman–Crippen MR) is 339 cm³/mol. The summed E-state index contributed by atoms with van der Waals surface area (Å²) < 4.78 is 16.9. The van der Waals surface area contributed by atoms with Crippen molar-refractivity contribution in [1.82, 2.24) is 0 Å². The number of carbonyl (C=O) groups is 3. The first kappa shape index (κ1) is 74.3. The van der Waals surface area contributed by atoms with Gasteiger partial charge in [0.1, 0.15) is 13.2 Å². The van der Waals surface area contributed by atoms with Crippen LogP contribution in [0.15, 0.2) is 97.2 Å². The molecule has 6 nitrogen and oxygen atoms in total. The van der Waals surface area contributed by atoms with Crippen molar-refractivity contribution in [3.63, 3.8) is 0 Å². The van der Waals surface area contributed by atoms with Gasteiger partial charge in [0, 0.05) is 19.3 Å². The third-order valence-corrected chi connectivity index (χ3v) is 14.3. The Labute approximate surface area is 483 Å². The van der Waals surface area contributed by atoms with E-state index in [1.54, 1.807) is 0 Å². The monoisotopic (exact) mass is 1080 g/mol. The molecule has 0 rings (SSSR count). The van der Waals surface area contributed by atoms with E-state index in [1.807, 2.05) is 0 Å². The lowest BCUT2D eigenvalue weighted by molar-refractivity contribution is -0.167. The number of ether oxygens (including phenoxy) is 3. The molecule has 78 heavy (non-hydrogen) atoms. The first-order chi connectivity index (χ1) is 38.5. The van der Waals surface area contributed by atoms with E-state index in [4.69, 9.17) is 14.2 Å². The lowest BCUT2D eigenvalue weighted by Gasteiger charge is -2.18. The molecule has 0 aromatic carbocycles. The van der Waals surface area contributed by atoms with Gasteiger partial charge in [-0.25, -0.2) is 0 Å². The lowest BCUT2D eigenvalue weighted by atomic mass is 10.0. The van der Waals surface area contributed by atoms with Crippen LogP contribution in [0, 0.1) is 0 Å². The van der Waals surface area contributed by atoms with Crippen LogP contribution in [0.3, 0.4) is 0 Å². The van der Waals surface area contributed by atoms with E-state index in [2.05, 4.69) is 118 Å². The Morgan fingerprint density at radius 2 is 0.500 bits per heavy atom. The Morgan fingerprint density at radius 1 is 0.269 bits per heavy atom. The van der Waals surface area contributed by atoms with Gasteiger partial charge < -0.3 is 14.2 Å². The molecule has 0 saturated carbocycles. The summed E-state index contributed by atoms with van der Waals surface area (Å²) in [5.41, 5.74) is 0. The molecule has 0 N–H and O–H groups in total. The van der Waals surface area contributed by atoms with Gasteiger partial charge in [-0.1, -0.05) is 298 Å². The number of carbonyl (C=O) groups excluding carboxylic acids is 3. The van der Waals surface area contributed by atoms with Crippen LogP contribution in [0.25, 0.3) is 0 Å². The van der Waals surface area contributed by atoms with Gasteiger partial charge in [-0.05, 0) is 103 Å². The Morgan fingerprint density at radius 3 is 0.821 bits per heavy atom. The minimum absolute atomic E-state index is 0.0936. The summed E-state index contributed by atoms with van der Waals surface area (Å²) >= 11 is 0. The van der Waals surface area contributed by atoms with Gasteiger partial charge in [-0.15, -0.1) is 0 Å². The quantitative estimate of drug-likeness (QED) is 0.0261. The molecule has 0 bridgehead atoms. The minimum Gasteiger partial charge on any atom is -0.462 e. The number of rotatable bonds is 60. The van der Waals surface area contributed by atoms with Crippen LogP contribution in [-0.2, 0) is 28.6 Å². The number of esters is 3. The van der Waals surface area contributed by atoms with E-state index in [1.165, 1.54) is 173 Å². The molecule has 448 valence electrons. The molecule has 0 aliphatic carbocycles. The molecule has 0 radical (unpaired) electrons. The summed E-state index contributed by atoms with van der Waals surface area (Å²) in [6, 6.07) is 0. The fourth-order valence-corrected chi connectivity index (χ4v) is 9.36. The minimum atomic E-state index is -0.800. The fourth-order valence-electron chi connectivity index (χ4n) is 9.36. The molecular weight excluding hydrogens is 961 g/mol. The summed E-state index contributed by atoms with van der Waals surface area (Å²) in [7, 11) is 0. The highest BCUT2D eigenvalue weighted by Crippen LogP contribution is 2.17. The van der Waals surface area contributed by atoms with Crippen LogP contribution in [0.1, 0.15) is 323 Å². The number of hydrogen-bond donors (Lipinski definition) is 0. The van der Waals surface area contributed by atoms with Crippen LogP contribution in [0.4, 0.5) is 0 Å². The van der Waals surface area contributed by atoms with Gasteiger partial charge >= 0.3 is 17.9 Å². The molecule has 1 unspecified atom stereocenters. The summed E-state index contributed by atoms with van der Waals surface area (Å²) in [6.45, 7) is 6.51. The number of allylic oxidation sites excluding steroid dienone is 16. The van der Waals surface area contributed by atoms with Crippen LogP contribution in [0.2, 0.25) is 0 Å². The summed E-state index contributed by atoms with van der Waals surface area (Å²) in [4.78, 5) is 38.4. The third kappa shape index (κ3) is 63.2. The van der Waals surface area contributed by atoms with Gasteiger partial charge in [-0.3, -0.25) is 14.4 Å². The molecular formula is C72H124O6. The fraction of sp³-hybridized carbons (Fsp3) is 0.736. The van der Waals surface area contributed by atoms with Crippen LogP contribution in [0.5, 0.6) is 0 Å². The molecule has 6 heteroatoms. The van der Waals surface area contributed by atoms with Crippen molar-refractivity contribution in [2.24, 2.45) is 0 Å². The van der Waals surface area contributed by atoms with E-state index in [0.29, 0.717) is 19.3 Å². The Bertz CT molecular complexity index is 1530. The number of unbranched alkanes of at least 4 members (excludes halogenated alkanes) is 33. The summed E-state index contributed by atoms with van der Waals surface area (Å²) in [6.07, 6.45) is 88.4. The average Bonchev–Trinajstić information content (AvgIpc) is 3.44. The molecule has 0 aromatic heterocycles. The van der Waals surface area contributed by atoms with Crippen molar-refractivity contribution in [3.05, 3.63) is 97.2 Å². The van der Waals surface area contributed by atoms with E-state index in [-0.39, 0.29) is 31.1 Å². The van der Waals surface area contributed by atoms with Crippen molar-refractivity contribution >= 4 is 17.9 Å². The lowest BCUT2D eigenvalue weighted by Crippen LogP contribution is -2.30. The molecule has 1 atom stereocenters. The van der Waals surface area contributed by atoms with Gasteiger partial charge in [-0.2, -0.15) is 0 Å². The van der Waals surface area contributed by atoms with Gasteiger partial charge in [0.15, 0.2) is 6.10 Å². The Kier molecular flexibility index (Phi) is 62.7. The SMILES string of the molecule is CC/C=C\C/C=C\C/C=C\C/C=C\C/C=C\C/C=C\CCCCC(=O)OCC(COC(=O)CCCCCCCCC/C=C\C/C=C\CCCCCC)OC(=O)CCCCCCCCCCCCCCCCCCCCCCC. The van der Waals surface area contributed by atoms with Crippen LogP contribution >= 0.6 is 0 Å². The molecule has 0 saturated heterocycles. The van der Waals surface area contributed by atoms with E-state index in [9.17, 15) is 14.4 Å². The first-order valence-electron chi connectivity index (χ1n) is 33.2. The normalized spacial score (nSPS) is 12.7. The molecule has 0 amide bonds. The van der Waals surface area contributed by atoms with Gasteiger partial charge in [0.25, 0.3) is 0 Å². The maximum atomic E-state index is 12.9. The first-order valence-corrected chi connectivity index (χ1v) is 33.2. The zero-order valence-electron chi connectivity index (χ0n) is 51.4. The second-order valence-corrected chi connectivity index (χ2v) is 22.0. The largest absolute Gasteiger partial charge is 0.462 e. The highest BCUT2D eigenvalue weighted by molar-refractivity contribution is 5.71. The molecule has 0 heterocycles.